The van der Waals surface area contributed by atoms with Gasteiger partial charge in [0.2, 0.25) is 0 Å². The maximum absolute atomic E-state index is 13.5. The van der Waals surface area contributed by atoms with Crippen molar-refractivity contribution in [1.82, 2.24) is 0 Å². The number of hydrogen-bond donors (Lipinski definition) is 0. The summed E-state index contributed by atoms with van der Waals surface area (Å²) in [6.07, 6.45) is 0. The van der Waals surface area contributed by atoms with Gasteiger partial charge in [-0.05, 0) is 40.8 Å². The van der Waals surface area contributed by atoms with Crippen LogP contribution >= 0.6 is 9.24 Å². The molecule has 1 unspecified atom stereocenters. The number of alkyl halides is 2. The van der Waals surface area contributed by atoms with Crippen LogP contribution < -0.4 is 9.47 Å². The van der Waals surface area contributed by atoms with Crippen LogP contribution in [0, 0.1) is 6.92 Å². The second kappa shape index (κ2) is 11.6. The quantitative estimate of drug-likeness (QED) is 0.218. The molecule has 0 radical (unpaired) electrons. The van der Waals surface area contributed by atoms with Crippen molar-refractivity contribution < 1.29 is 37.5 Å². The van der Waals surface area contributed by atoms with Crippen molar-refractivity contribution >= 4 is 26.6 Å². The fourth-order valence-electron chi connectivity index (χ4n) is 2.90. The first-order valence-corrected chi connectivity index (χ1v) is 10.2. The number of methoxy groups -OCH3 is 2. The molecule has 0 aliphatic carbocycles. The molecule has 2 aromatic rings. The zero-order valence-electron chi connectivity index (χ0n) is 18.8. The van der Waals surface area contributed by atoms with E-state index < -0.39 is 11.8 Å². The second-order valence-corrected chi connectivity index (χ2v) is 7.36. The summed E-state index contributed by atoms with van der Waals surface area (Å²) in [5.41, 5.74) is 2.43. The highest BCUT2D eigenvalue weighted by Gasteiger charge is 2.26. The first-order chi connectivity index (χ1) is 15.6. The zero-order chi connectivity index (χ0) is 24.6. The van der Waals surface area contributed by atoms with E-state index in [4.69, 9.17) is 23.9 Å². The van der Waals surface area contributed by atoms with Gasteiger partial charge in [0, 0.05) is 22.8 Å². The van der Waals surface area contributed by atoms with Crippen LogP contribution in [-0.4, -0.2) is 44.6 Å². The molecule has 2 rings (SSSR count). The first kappa shape index (κ1) is 26.0. The Kier molecular flexibility index (Phi) is 9.11. The lowest BCUT2D eigenvalue weighted by Gasteiger charge is -2.17. The van der Waals surface area contributed by atoms with E-state index in [0.29, 0.717) is 22.4 Å². The third-order valence-corrected chi connectivity index (χ3v) is 4.58. The van der Waals surface area contributed by atoms with Crippen LogP contribution in [0.25, 0.3) is 0 Å². The van der Waals surface area contributed by atoms with Gasteiger partial charge in [-0.1, -0.05) is 28.5 Å². The Morgan fingerprint density at radius 1 is 1.09 bits per heavy atom. The van der Waals surface area contributed by atoms with Gasteiger partial charge >= 0.3 is 11.8 Å². The average Bonchev–Trinajstić information content (AvgIpc) is 2.76. The number of carbonyl (C=O) groups excluding carboxylic acids is 1. The lowest BCUT2D eigenvalue weighted by Crippen LogP contribution is -2.20. The lowest BCUT2D eigenvalue weighted by molar-refractivity contribution is -0.132. The molecule has 178 valence electrons. The largest absolute Gasteiger partial charge is 0.497 e. The van der Waals surface area contributed by atoms with Gasteiger partial charge in [-0.25, -0.2) is 4.79 Å². The van der Waals surface area contributed by atoms with E-state index in [1.165, 1.54) is 42.7 Å². The van der Waals surface area contributed by atoms with E-state index >= 15 is 0 Å². The van der Waals surface area contributed by atoms with Gasteiger partial charge in [-0.2, -0.15) is 8.78 Å². The van der Waals surface area contributed by atoms with E-state index in [1.54, 1.807) is 25.1 Å². The summed E-state index contributed by atoms with van der Waals surface area (Å²) in [6, 6.07) is 9.71. The van der Waals surface area contributed by atoms with Crippen LogP contribution in [0.1, 0.15) is 29.2 Å². The van der Waals surface area contributed by atoms with Crippen molar-refractivity contribution in [2.75, 3.05) is 21.3 Å². The average molecular weight is 482 g/mol. The molecule has 0 aromatic heterocycles. The molecule has 0 saturated carbocycles. The van der Waals surface area contributed by atoms with Crippen molar-refractivity contribution in [1.29, 1.82) is 0 Å². The number of hydrogen-bond acceptors (Lipinski definition) is 8. The predicted molar refractivity (Wildman–Crippen MR) is 122 cm³/mol. The predicted octanol–water partition coefficient (Wildman–Crippen LogP) is 4.27. The molecule has 0 bridgehead atoms. The number of nitrogens with zero attached hydrogens (tertiary/aromatic N) is 2. The third-order valence-electron chi connectivity index (χ3n) is 4.46. The number of benzene rings is 2. The van der Waals surface area contributed by atoms with E-state index in [1.807, 2.05) is 13.0 Å². The summed E-state index contributed by atoms with van der Waals surface area (Å²) in [4.78, 5) is 22.4. The van der Waals surface area contributed by atoms with Crippen LogP contribution in [0.2, 0.25) is 0 Å². The van der Waals surface area contributed by atoms with Gasteiger partial charge in [-0.3, -0.25) is 0 Å². The fourth-order valence-corrected chi connectivity index (χ4v) is 3.03. The Hall–Kier alpha value is -3.26. The van der Waals surface area contributed by atoms with Crippen LogP contribution in [0.3, 0.4) is 0 Å². The molecule has 0 amide bonds. The van der Waals surface area contributed by atoms with E-state index in [-0.39, 0.29) is 23.8 Å². The molecule has 11 heteroatoms. The third kappa shape index (κ3) is 7.12. The van der Waals surface area contributed by atoms with Crippen LogP contribution in [-0.2, 0) is 25.8 Å². The van der Waals surface area contributed by atoms with Gasteiger partial charge in [0.25, 0.3) is 0 Å². The van der Waals surface area contributed by atoms with Crippen LogP contribution in [0.4, 0.5) is 8.78 Å². The zero-order valence-corrected chi connectivity index (χ0v) is 20.0. The van der Waals surface area contributed by atoms with Gasteiger partial charge in [0.15, 0.2) is 5.71 Å². The number of rotatable bonds is 10. The number of halogens is 2. The standard InChI is InChI=1S/C22H25F2N2O6P/c1-13-7-6-8-17(20(26-30-5)21(27)29-4)18(13)12-31-25-14(2)16-10-9-15(28-3)11-19(16)32-22(23,24)33/h6-11H,12,33H2,1-5H3/b25-14+,26-20+. The summed E-state index contributed by atoms with van der Waals surface area (Å²) < 4.78 is 41.5. The monoisotopic (exact) mass is 482 g/mol. The number of carbonyl (C=O) groups is 1. The minimum atomic E-state index is -3.48. The Labute approximate surface area is 192 Å². The summed E-state index contributed by atoms with van der Waals surface area (Å²) in [6.45, 7) is 3.38. The van der Waals surface area contributed by atoms with E-state index in [0.717, 1.165) is 5.56 Å². The Bertz CT molecular complexity index is 1050. The van der Waals surface area contributed by atoms with Crippen molar-refractivity contribution in [2.45, 2.75) is 26.3 Å². The molecular formula is C22H25F2N2O6P. The maximum Gasteiger partial charge on any atom is 0.408 e. The molecule has 0 saturated heterocycles. The summed E-state index contributed by atoms with van der Waals surface area (Å²) in [7, 11) is 5.28. The molecule has 0 aliphatic heterocycles. The van der Waals surface area contributed by atoms with Crippen molar-refractivity contribution in [3.8, 4) is 11.5 Å². The molecule has 0 heterocycles. The molecule has 0 spiro atoms. The van der Waals surface area contributed by atoms with Gasteiger partial charge in [0.05, 0.1) is 19.9 Å². The summed E-state index contributed by atoms with van der Waals surface area (Å²) in [5.74, 6) is -3.95. The van der Waals surface area contributed by atoms with Crippen molar-refractivity contribution in [2.24, 2.45) is 10.3 Å². The first-order valence-electron chi connectivity index (χ1n) is 9.60. The highest BCUT2D eigenvalue weighted by Crippen LogP contribution is 2.33. The van der Waals surface area contributed by atoms with Gasteiger partial charge in [0.1, 0.15) is 25.2 Å². The molecule has 8 nitrogen and oxygen atoms in total. The number of oxime groups is 2. The lowest BCUT2D eigenvalue weighted by atomic mass is 9.99. The molecule has 0 N–H and O–H groups in total. The van der Waals surface area contributed by atoms with Gasteiger partial charge < -0.3 is 23.9 Å². The normalized spacial score (nSPS) is 12.2. The minimum absolute atomic E-state index is 0.0310. The molecule has 0 fully saturated rings. The second-order valence-electron chi connectivity index (χ2n) is 6.69. The highest BCUT2D eigenvalue weighted by atomic mass is 31.0. The minimum Gasteiger partial charge on any atom is -0.497 e. The molecular weight excluding hydrogens is 457 g/mol. The van der Waals surface area contributed by atoms with Crippen molar-refractivity contribution in [3.63, 3.8) is 0 Å². The molecule has 33 heavy (non-hydrogen) atoms. The smallest absolute Gasteiger partial charge is 0.408 e. The summed E-state index contributed by atoms with van der Waals surface area (Å²) >= 11 is 0. The van der Waals surface area contributed by atoms with Crippen LogP contribution in [0.15, 0.2) is 46.7 Å². The summed E-state index contributed by atoms with van der Waals surface area (Å²) in [5, 5.41) is 7.81. The topological polar surface area (TPSA) is 87.9 Å². The number of ether oxygens (including phenoxy) is 3. The fraction of sp³-hybridized carbons (Fsp3) is 0.318. The van der Waals surface area contributed by atoms with Crippen LogP contribution in [0.5, 0.6) is 11.5 Å². The Morgan fingerprint density at radius 2 is 1.82 bits per heavy atom. The SMILES string of the molecule is CO/N=C(/C(=O)OC)c1cccc(C)c1CO/N=C(\C)c1ccc(OC)cc1OC(F)(F)P. The molecule has 0 aliphatic rings. The molecule has 1 atom stereocenters. The maximum atomic E-state index is 13.5. The Balaban J connectivity index is 2.34. The van der Waals surface area contributed by atoms with E-state index in [9.17, 15) is 13.6 Å². The Morgan fingerprint density at radius 3 is 2.42 bits per heavy atom. The highest BCUT2D eigenvalue weighted by molar-refractivity contribution is 7.17. The van der Waals surface area contributed by atoms with Gasteiger partial charge in [-0.15, -0.1) is 0 Å². The van der Waals surface area contributed by atoms with Crippen molar-refractivity contribution in [3.05, 3.63) is 58.7 Å². The van der Waals surface area contributed by atoms with E-state index in [2.05, 4.69) is 10.3 Å². The molecule has 2 aromatic carbocycles. The number of esters is 1. The number of aryl methyl sites for hydroxylation is 1.